The number of hydrogen-bond donors (Lipinski definition) is 2. The molecule has 0 bridgehead atoms. The third kappa shape index (κ3) is 5.95. The summed E-state index contributed by atoms with van der Waals surface area (Å²) in [7, 11) is 0. The molecule has 0 aliphatic carbocycles. The highest BCUT2D eigenvalue weighted by molar-refractivity contribution is 6.32. The van der Waals surface area contributed by atoms with Crippen molar-refractivity contribution in [1.82, 2.24) is 4.90 Å². The van der Waals surface area contributed by atoms with Crippen molar-refractivity contribution in [2.45, 2.75) is 45.8 Å². The van der Waals surface area contributed by atoms with E-state index in [0.29, 0.717) is 12.8 Å². The van der Waals surface area contributed by atoms with Crippen LogP contribution in [0.4, 0.5) is 5.69 Å². The Morgan fingerprint density at radius 1 is 1.17 bits per heavy atom. The number of aryl methyl sites for hydroxylation is 2. The van der Waals surface area contributed by atoms with E-state index < -0.39 is 5.60 Å². The summed E-state index contributed by atoms with van der Waals surface area (Å²) in [6, 6.07) is 11.7. The monoisotopic (exact) mass is 416 g/mol. The Bertz CT molecular complexity index is 836. The molecule has 0 spiro atoms. The number of nitrogens with zero attached hydrogens (tertiary/aromatic N) is 1. The van der Waals surface area contributed by atoms with Crippen LogP contribution in [0.15, 0.2) is 36.4 Å². The van der Waals surface area contributed by atoms with Crippen LogP contribution in [0.1, 0.15) is 36.5 Å². The van der Waals surface area contributed by atoms with Gasteiger partial charge in [0.2, 0.25) is 5.91 Å². The van der Waals surface area contributed by atoms with Crippen LogP contribution in [0.3, 0.4) is 0 Å². The smallest absolute Gasteiger partial charge is 0.221 e. The van der Waals surface area contributed by atoms with Crippen LogP contribution in [0.5, 0.6) is 5.75 Å². The van der Waals surface area contributed by atoms with Crippen molar-refractivity contribution in [2.24, 2.45) is 0 Å². The summed E-state index contributed by atoms with van der Waals surface area (Å²) in [4.78, 5) is 13.4. The van der Waals surface area contributed by atoms with E-state index in [1.165, 1.54) is 12.5 Å². The standard InChI is InChI=1S/C23H29ClN2O3/c1-16-12-21(13-17(2)22(16)24)29-15-23(28)8-10-26(11-9-23)14-19-4-6-20(7-5-19)25-18(3)27/h4-7,12-13,28H,8-11,14-15H2,1-3H3,(H,25,27). The average Bonchev–Trinajstić information content (AvgIpc) is 2.67. The summed E-state index contributed by atoms with van der Waals surface area (Å²) in [5, 5.41) is 14.4. The Balaban J connectivity index is 1.49. The first-order chi connectivity index (χ1) is 13.7. The molecular formula is C23H29ClN2O3. The van der Waals surface area contributed by atoms with Gasteiger partial charge in [0, 0.05) is 37.3 Å². The van der Waals surface area contributed by atoms with E-state index in [1.807, 2.05) is 50.2 Å². The molecule has 29 heavy (non-hydrogen) atoms. The third-order valence-corrected chi connectivity index (χ3v) is 5.98. The second-order valence-corrected chi connectivity index (χ2v) is 8.42. The van der Waals surface area contributed by atoms with Crippen LogP contribution < -0.4 is 10.1 Å². The van der Waals surface area contributed by atoms with Crippen LogP contribution >= 0.6 is 11.6 Å². The highest BCUT2D eigenvalue weighted by Gasteiger charge is 2.33. The fourth-order valence-electron chi connectivity index (χ4n) is 3.63. The lowest BCUT2D eigenvalue weighted by atomic mass is 9.92. The molecule has 0 radical (unpaired) electrons. The zero-order valence-electron chi connectivity index (χ0n) is 17.3. The molecule has 6 heteroatoms. The maximum Gasteiger partial charge on any atom is 0.221 e. The number of likely N-dealkylation sites (tertiary alicyclic amines) is 1. The Hall–Kier alpha value is -2.08. The number of carbonyl (C=O) groups is 1. The van der Waals surface area contributed by atoms with Gasteiger partial charge in [-0.2, -0.15) is 0 Å². The number of amides is 1. The number of carbonyl (C=O) groups excluding carboxylic acids is 1. The zero-order chi connectivity index (χ0) is 21.0. The van der Waals surface area contributed by atoms with E-state index >= 15 is 0 Å². The molecule has 0 saturated carbocycles. The Morgan fingerprint density at radius 2 is 1.76 bits per heavy atom. The summed E-state index contributed by atoms with van der Waals surface area (Å²) < 4.78 is 5.90. The topological polar surface area (TPSA) is 61.8 Å². The van der Waals surface area contributed by atoms with E-state index in [9.17, 15) is 9.90 Å². The molecule has 1 heterocycles. The van der Waals surface area contributed by atoms with Crippen LogP contribution in [0.25, 0.3) is 0 Å². The maximum absolute atomic E-state index is 11.1. The molecule has 0 unspecified atom stereocenters. The van der Waals surface area contributed by atoms with Gasteiger partial charge in [0.15, 0.2) is 0 Å². The van der Waals surface area contributed by atoms with Gasteiger partial charge in [-0.3, -0.25) is 9.69 Å². The van der Waals surface area contributed by atoms with Gasteiger partial charge in [0.25, 0.3) is 0 Å². The quantitative estimate of drug-likeness (QED) is 0.736. The molecule has 1 saturated heterocycles. The number of piperidine rings is 1. The predicted molar refractivity (Wildman–Crippen MR) is 117 cm³/mol. The predicted octanol–water partition coefficient (Wildman–Crippen LogP) is 4.32. The lowest BCUT2D eigenvalue weighted by Gasteiger charge is -2.38. The Labute approximate surface area is 177 Å². The van der Waals surface area contributed by atoms with Gasteiger partial charge in [0.1, 0.15) is 18.0 Å². The van der Waals surface area contributed by atoms with E-state index in [1.54, 1.807) is 0 Å². The summed E-state index contributed by atoms with van der Waals surface area (Å²) in [5.74, 6) is 0.679. The van der Waals surface area contributed by atoms with Crippen molar-refractivity contribution in [1.29, 1.82) is 0 Å². The van der Waals surface area contributed by atoms with Crippen molar-refractivity contribution in [3.63, 3.8) is 0 Å². The number of nitrogens with one attached hydrogen (secondary N) is 1. The van der Waals surface area contributed by atoms with Gasteiger partial charge in [-0.25, -0.2) is 0 Å². The van der Waals surface area contributed by atoms with E-state index in [2.05, 4.69) is 10.2 Å². The summed E-state index contributed by atoms with van der Waals surface area (Å²) >= 11 is 6.21. The van der Waals surface area contributed by atoms with Crippen LogP contribution in [0, 0.1) is 13.8 Å². The number of hydrogen-bond acceptors (Lipinski definition) is 4. The fourth-order valence-corrected chi connectivity index (χ4v) is 3.74. The SMILES string of the molecule is CC(=O)Nc1ccc(CN2CCC(O)(COc3cc(C)c(Cl)c(C)c3)CC2)cc1. The molecule has 2 N–H and O–H groups in total. The molecule has 3 rings (SSSR count). The summed E-state index contributed by atoms with van der Waals surface area (Å²) in [6.07, 6.45) is 1.34. The minimum Gasteiger partial charge on any atom is -0.491 e. The molecule has 1 fully saturated rings. The van der Waals surface area contributed by atoms with Crippen molar-refractivity contribution < 1.29 is 14.6 Å². The lowest BCUT2D eigenvalue weighted by molar-refractivity contribution is -0.114. The van der Waals surface area contributed by atoms with Crippen molar-refractivity contribution >= 4 is 23.2 Å². The molecular weight excluding hydrogens is 388 g/mol. The number of halogens is 1. The average molecular weight is 417 g/mol. The molecule has 2 aromatic carbocycles. The van der Waals surface area contributed by atoms with Crippen LogP contribution in [-0.2, 0) is 11.3 Å². The molecule has 1 aliphatic rings. The van der Waals surface area contributed by atoms with Crippen LogP contribution in [-0.4, -0.2) is 41.2 Å². The molecule has 0 aromatic heterocycles. The largest absolute Gasteiger partial charge is 0.491 e. The van der Waals surface area contributed by atoms with Crippen molar-refractivity contribution in [3.8, 4) is 5.75 Å². The number of rotatable bonds is 6. The maximum atomic E-state index is 11.1. The Morgan fingerprint density at radius 3 is 2.31 bits per heavy atom. The lowest BCUT2D eigenvalue weighted by Crippen LogP contribution is -2.47. The van der Waals surface area contributed by atoms with E-state index in [0.717, 1.165) is 47.2 Å². The summed E-state index contributed by atoms with van der Waals surface area (Å²) in [5.41, 5.74) is 3.14. The molecule has 0 atom stereocenters. The highest BCUT2D eigenvalue weighted by atomic mass is 35.5. The molecule has 1 aliphatic heterocycles. The normalized spacial score (nSPS) is 16.4. The van der Waals surface area contributed by atoms with Gasteiger partial charge >= 0.3 is 0 Å². The molecule has 2 aromatic rings. The van der Waals surface area contributed by atoms with Gasteiger partial charge in [-0.05, 0) is 67.6 Å². The van der Waals surface area contributed by atoms with Gasteiger partial charge < -0.3 is 15.2 Å². The molecule has 1 amide bonds. The zero-order valence-corrected chi connectivity index (χ0v) is 18.1. The second kappa shape index (κ2) is 9.16. The Kier molecular flexibility index (Phi) is 6.83. The van der Waals surface area contributed by atoms with Gasteiger partial charge in [-0.15, -0.1) is 0 Å². The highest BCUT2D eigenvalue weighted by Crippen LogP contribution is 2.28. The van der Waals surface area contributed by atoms with E-state index in [-0.39, 0.29) is 12.5 Å². The first-order valence-electron chi connectivity index (χ1n) is 9.95. The minimum atomic E-state index is -0.812. The number of ether oxygens (including phenoxy) is 1. The number of anilines is 1. The first-order valence-corrected chi connectivity index (χ1v) is 10.3. The molecule has 5 nitrogen and oxygen atoms in total. The third-order valence-electron chi connectivity index (χ3n) is 5.38. The number of benzene rings is 2. The molecule has 156 valence electrons. The van der Waals surface area contributed by atoms with E-state index in [4.69, 9.17) is 16.3 Å². The van der Waals surface area contributed by atoms with Crippen molar-refractivity contribution in [2.75, 3.05) is 25.0 Å². The second-order valence-electron chi connectivity index (χ2n) is 8.04. The van der Waals surface area contributed by atoms with Crippen LogP contribution in [0.2, 0.25) is 5.02 Å². The summed E-state index contributed by atoms with van der Waals surface area (Å²) in [6.45, 7) is 8.15. The minimum absolute atomic E-state index is 0.0702. The van der Waals surface area contributed by atoms with Crippen molar-refractivity contribution in [3.05, 3.63) is 58.1 Å². The fraction of sp³-hybridized carbons (Fsp3) is 0.435. The first kappa shape index (κ1) is 21.6. The van der Waals surface area contributed by atoms with Gasteiger partial charge in [-0.1, -0.05) is 23.7 Å². The number of aliphatic hydroxyl groups is 1. The van der Waals surface area contributed by atoms with Gasteiger partial charge in [0.05, 0.1) is 0 Å².